The standard InChI is InChI=1S/C10H11ClF2N2O5S/c11-8-2-1-7(15(17)18)5-9(8)21(19,20)14(3-4-16)6-10(12)13/h1-2,5,10,16H,3-4,6H2. The molecule has 1 rings (SSSR count). The van der Waals surface area contributed by atoms with Crippen molar-refractivity contribution in [1.82, 2.24) is 4.31 Å². The van der Waals surface area contributed by atoms with Crippen molar-refractivity contribution in [3.8, 4) is 0 Å². The molecule has 11 heteroatoms. The van der Waals surface area contributed by atoms with Gasteiger partial charge in [0, 0.05) is 18.7 Å². The van der Waals surface area contributed by atoms with Gasteiger partial charge in [-0.05, 0) is 6.07 Å². The van der Waals surface area contributed by atoms with Crippen LogP contribution < -0.4 is 0 Å². The molecule has 0 atom stereocenters. The Morgan fingerprint density at radius 2 is 2.05 bits per heavy atom. The van der Waals surface area contributed by atoms with Crippen LogP contribution >= 0.6 is 11.6 Å². The van der Waals surface area contributed by atoms with E-state index in [4.69, 9.17) is 16.7 Å². The van der Waals surface area contributed by atoms with Gasteiger partial charge in [-0.15, -0.1) is 0 Å². The second-order valence-electron chi connectivity index (χ2n) is 3.85. The van der Waals surface area contributed by atoms with E-state index < -0.39 is 51.7 Å². The number of nitro benzene ring substituents is 1. The fourth-order valence-corrected chi connectivity index (χ4v) is 3.42. The molecule has 1 aromatic rings. The van der Waals surface area contributed by atoms with E-state index >= 15 is 0 Å². The molecule has 0 heterocycles. The van der Waals surface area contributed by atoms with Gasteiger partial charge in [0.15, 0.2) is 0 Å². The Morgan fingerprint density at radius 1 is 1.43 bits per heavy atom. The summed E-state index contributed by atoms with van der Waals surface area (Å²) >= 11 is 5.69. The predicted octanol–water partition coefficient (Wildman–Crippen LogP) is 1.50. The minimum absolute atomic E-state index is 0.322. The van der Waals surface area contributed by atoms with Gasteiger partial charge in [-0.25, -0.2) is 17.2 Å². The third-order valence-electron chi connectivity index (χ3n) is 2.43. The maximum atomic E-state index is 12.4. The first kappa shape index (κ1) is 17.7. The fourth-order valence-electron chi connectivity index (χ4n) is 1.52. The van der Waals surface area contributed by atoms with Gasteiger partial charge in [-0.1, -0.05) is 11.6 Å². The number of aliphatic hydroxyl groups is 1. The molecule has 0 aliphatic rings. The Labute approximate surface area is 123 Å². The molecule has 1 aromatic carbocycles. The Bertz CT molecular complexity index is 626. The van der Waals surface area contributed by atoms with Crippen LogP contribution in [0.2, 0.25) is 5.02 Å². The van der Waals surface area contributed by atoms with Crippen LogP contribution in [0, 0.1) is 10.1 Å². The Balaban J connectivity index is 3.33. The summed E-state index contributed by atoms with van der Waals surface area (Å²) in [5.74, 6) is 0. The van der Waals surface area contributed by atoms with E-state index in [-0.39, 0.29) is 5.02 Å². The first-order valence-corrected chi connectivity index (χ1v) is 7.35. The van der Waals surface area contributed by atoms with Gasteiger partial charge in [0.2, 0.25) is 10.0 Å². The molecular weight excluding hydrogens is 334 g/mol. The highest BCUT2D eigenvalue weighted by Gasteiger charge is 2.30. The van der Waals surface area contributed by atoms with Crippen molar-refractivity contribution in [3.05, 3.63) is 33.3 Å². The zero-order chi connectivity index (χ0) is 16.2. The topological polar surface area (TPSA) is 101 Å². The van der Waals surface area contributed by atoms with Crippen LogP contribution in [0.25, 0.3) is 0 Å². The van der Waals surface area contributed by atoms with Crippen molar-refractivity contribution in [2.75, 3.05) is 19.7 Å². The molecule has 0 saturated heterocycles. The lowest BCUT2D eigenvalue weighted by Gasteiger charge is -2.21. The van der Waals surface area contributed by atoms with Gasteiger partial charge in [-0.2, -0.15) is 4.31 Å². The number of hydrogen-bond donors (Lipinski definition) is 1. The highest BCUT2D eigenvalue weighted by Crippen LogP contribution is 2.28. The Morgan fingerprint density at radius 3 is 2.52 bits per heavy atom. The first-order chi connectivity index (χ1) is 9.70. The third kappa shape index (κ3) is 4.30. The first-order valence-electron chi connectivity index (χ1n) is 5.53. The van der Waals surface area contributed by atoms with E-state index in [1.165, 1.54) is 0 Å². The number of benzene rings is 1. The van der Waals surface area contributed by atoms with E-state index in [0.717, 1.165) is 12.1 Å². The van der Waals surface area contributed by atoms with Crippen molar-refractivity contribution in [3.63, 3.8) is 0 Å². The maximum Gasteiger partial charge on any atom is 0.270 e. The Hall–Kier alpha value is -1.36. The zero-order valence-corrected chi connectivity index (χ0v) is 12.0. The molecule has 7 nitrogen and oxygen atoms in total. The molecule has 0 bridgehead atoms. The second-order valence-corrected chi connectivity index (χ2v) is 6.16. The minimum Gasteiger partial charge on any atom is -0.395 e. The lowest BCUT2D eigenvalue weighted by Crippen LogP contribution is -2.37. The number of sulfonamides is 1. The number of non-ortho nitro benzene ring substituents is 1. The second kappa shape index (κ2) is 7.07. The van der Waals surface area contributed by atoms with Crippen molar-refractivity contribution in [2.24, 2.45) is 0 Å². The van der Waals surface area contributed by atoms with Crippen molar-refractivity contribution in [1.29, 1.82) is 0 Å². The number of alkyl halides is 2. The van der Waals surface area contributed by atoms with Crippen LogP contribution in [0.3, 0.4) is 0 Å². The van der Waals surface area contributed by atoms with Crippen LogP contribution in [0.5, 0.6) is 0 Å². The molecule has 0 fully saturated rings. The summed E-state index contributed by atoms with van der Waals surface area (Å²) in [5, 5.41) is 19.1. The summed E-state index contributed by atoms with van der Waals surface area (Å²) in [7, 11) is -4.49. The minimum atomic E-state index is -4.49. The normalized spacial score (nSPS) is 12.1. The lowest BCUT2D eigenvalue weighted by atomic mass is 10.3. The number of nitro groups is 1. The highest BCUT2D eigenvalue weighted by molar-refractivity contribution is 7.89. The highest BCUT2D eigenvalue weighted by atomic mass is 35.5. The van der Waals surface area contributed by atoms with Crippen LogP contribution in [-0.2, 0) is 10.0 Å². The largest absolute Gasteiger partial charge is 0.395 e. The van der Waals surface area contributed by atoms with Crippen molar-refractivity contribution < 1.29 is 27.2 Å². The van der Waals surface area contributed by atoms with Gasteiger partial charge in [-0.3, -0.25) is 10.1 Å². The molecule has 0 spiro atoms. The Kier molecular flexibility index (Phi) is 5.96. The van der Waals surface area contributed by atoms with Gasteiger partial charge in [0.1, 0.15) is 4.90 Å². The zero-order valence-electron chi connectivity index (χ0n) is 10.4. The molecule has 0 unspecified atom stereocenters. The molecule has 118 valence electrons. The average Bonchev–Trinajstić information content (AvgIpc) is 2.37. The van der Waals surface area contributed by atoms with E-state index in [1.807, 2.05) is 0 Å². The van der Waals surface area contributed by atoms with E-state index in [9.17, 15) is 27.3 Å². The van der Waals surface area contributed by atoms with Gasteiger partial charge in [0.05, 0.1) is 23.1 Å². The molecule has 0 amide bonds. The third-order valence-corrected chi connectivity index (χ3v) is 4.78. The summed E-state index contributed by atoms with van der Waals surface area (Å²) in [6, 6.07) is 2.67. The number of nitrogens with zero attached hydrogens (tertiary/aromatic N) is 2. The number of aliphatic hydroxyl groups excluding tert-OH is 1. The number of halogens is 3. The van der Waals surface area contributed by atoms with Crippen LogP contribution in [0.15, 0.2) is 23.1 Å². The quantitative estimate of drug-likeness (QED) is 0.596. The summed E-state index contributed by atoms with van der Waals surface area (Å²) in [4.78, 5) is 9.16. The fraction of sp³-hybridized carbons (Fsp3) is 0.400. The van der Waals surface area contributed by atoms with E-state index in [2.05, 4.69) is 0 Å². The molecule has 0 aliphatic carbocycles. The SMILES string of the molecule is O=[N+]([O-])c1ccc(Cl)c(S(=O)(=O)N(CCO)CC(F)F)c1. The van der Waals surface area contributed by atoms with Gasteiger partial charge < -0.3 is 5.11 Å². The molecular formula is C10H11ClF2N2O5S. The maximum absolute atomic E-state index is 12.4. The average molecular weight is 345 g/mol. The molecule has 0 aromatic heterocycles. The number of rotatable bonds is 7. The van der Waals surface area contributed by atoms with E-state index in [1.54, 1.807) is 0 Å². The summed E-state index contributed by atoms with van der Waals surface area (Å²) < 4.78 is 49.6. The van der Waals surface area contributed by atoms with Gasteiger partial charge >= 0.3 is 0 Å². The summed E-state index contributed by atoms with van der Waals surface area (Å²) in [6.07, 6.45) is -2.97. The van der Waals surface area contributed by atoms with Crippen LogP contribution in [-0.4, -0.2) is 48.9 Å². The monoisotopic (exact) mass is 344 g/mol. The molecule has 0 saturated carbocycles. The lowest BCUT2D eigenvalue weighted by molar-refractivity contribution is -0.385. The van der Waals surface area contributed by atoms with Crippen molar-refractivity contribution >= 4 is 27.3 Å². The van der Waals surface area contributed by atoms with Crippen molar-refractivity contribution in [2.45, 2.75) is 11.3 Å². The predicted molar refractivity (Wildman–Crippen MR) is 70.0 cm³/mol. The smallest absolute Gasteiger partial charge is 0.270 e. The summed E-state index contributed by atoms with van der Waals surface area (Å²) in [5.41, 5.74) is -0.543. The molecule has 0 radical (unpaired) electrons. The van der Waals surface area contributed by atoms with Crippen LogP contribution in [0.4, 0.5) is 14.5 Å². The van der Waals surface area contributed by atoms with Gasteiger partial charge in [0.25, 0.3) is 12.1 Å². The number of hydrogen-bond acceptors (Lipinski definition) is 5. The molecule has 0 aliphatic heterocycles. The summed E-state index contributed by atoms with van der Waals surface area (Å²) in [6.45, 7) is -2.41. The van der Waals surface area contributed by atoms with E-state index in [0.29, 0.717) is 10.4 Å². The van der Waals surface area contributed by atoms with Crippen LogP contribution in [0.1, 0.15) is 0 Å². The molecule has 1 N–H and O–H groups in total. The molecule has 21 heavy (non-hydrogen) atoms.